The average molecular weight is 350 g/mol. The first-order valence-corrected chi connectivity index (χ1v) is 8.94. The maximum atomic E-state index is 11.4. The fraction of sp³-hybridized carbons (Fsp3) is 0.778. The predicted octanol–water partition coefficient (Wildman–Crippen LogP) is 2.71. The van der Waals surface area contributed by atoms with Crippen molar-refractivity contribution in [1.29, 1.82) is 0 Å². The van der Waals surface area contributed by atoms with Crippen molar-refractivity contribution in [3.63, 3.8) is 0 Å². The van der Waals surface area contributed by atoms with Crippen LogP contribution >= 0.6 is 0 Å². The fourth-order valence-electron chi connectivity index (χ4n) is 2.99. The first-order valence-electron chi connectivity index (χ1n) is 8.94. The minimum atomic E-state index is -0.731. The van der Waals surface area contributed by atoms with Gasteiger partial charge in [-0.15, -0.1) is 0 Å². The molecule has 0 spiro atoms. The molecule has 140 valence electrons. The van der Waals surface area contributed by atoms with E-state index in [1.165, 1.54) is 0 Å². The van der Waals surface area contributed by atoms with Gasteiger partial charge in [0.1, 0.15) is 0 Å². The predicted molar refractivity (Wildman–Crippen MR) is 97.8 cm³/mol. The summed E-state index contributed by atoms with van der Waals surface area (Å²) in [6.07, 6.45) is 5.08. The van der Waals surface area contributed by atoms with E-state index in [0.717, 1.165) is 11.9 Å². The lowest BCUT2D eigenvalue weighted by Crippen LogP contribution is -2.41. The highest BCUT2D eigenvalue weighted by Gasteiger charge is 2.52. The van der Waals surface area contributed by atoms with Crippen molar-refractivity contribution in [3.05, 3.63) is 12.4 Å². The lowest BCUT2D eigenvalue weighted by Gasteiger charge is -2.32. The van der Waals surface area contributed by atoms with Crippen molar-refractivity contribution in [2.24, 2.45) is 11.3 Å². The first-order chi connectivity index (χ1) is 11.3. The van der Waals surface area contributed by atoms with Crippen LogP contribution in [0.3, 0.4) is 0 Å². The van der Waals surface area contributed by atoms with Gasteiger partial charge in [0, 0.05) is 24.4 Å². The van der Waals surface area contributed by atoms with Crippen molar-refractivity contribution >= 4 is 18.6 Å². The van der Waals surface area contributed by atoms with Gasteiger partial charge in [-0.25, -0.2) is 0 Å². The Morgan fingerprint density at radius 2 is 1.84 bits per heavy atom. The third-order valence-electron chi connectivity index (χ3n) is 5.40. The number of carbonyl (C=O) groups is 1. The second kappa shape index (κ2) is 6.76. The number of aryl methyl sites for hydroxylation is 1. The molecule has 1 aromatic heterocycles. The van der Waals surface area contributed by atoms with Crippen LogP contribution in [0.1, 0.15) is 61.3 Å². The standard InChI is InChI=1S/C18H31BN2O4/c1-16(2,3)14(15(22)23)9-8-10-21-12-13(11-20-21)19-24-17(4,5)18(6,7)25-19/h11-12,14H,8-10H2,1-7H3,(H,22,23). The summed E-state index contributed by atoms with van der Waals surface area (Å²) in [7, 11) is -0.417. The molecule has 1 aromatic rings. The van der Waals surface area contributed by atoms with Crippen LogP contribution in [0, 0.1) is 11.3 Å². The number of aliphatic carboxylic acids is 1. The van der Waals surface area contributed by atoms with E-state index in [0.29, 0.717) is 13.0 Å². The van der Waals surface area contributed by atoms with Crippen LogP contribution < -0.4 is 5.46 Å². The molecular weight excluding hydrogens is 319 g/mol. The van der Waals surface area contributed by atoms with E-state index < -0.39 is 13.1 Å². The smallest absolute Gasteiger partial charge is 0.481 e. The number of carboxylic acids is 1. The molecule has 1 unspecified atom stereocenters. The van der Waals surface area contributed by atoms with Gasteiger partial charge in [0.15, 0.2) is 0 Å². The van der Waals surface area contributed by atoms with Gasteiger partial charge in [-0.3, -0.25) is 9.48 Å². The summed E-state index contributed by atoms with van der Waals surface area (Å²) in [6, 6.07) is 0. The molecule has 25 heavy (non-hydrogen) atoms. The highest BCUT2D eigenvalue weighted by atomic mass is 16.7. The second-order valence-electron chi connectivity index (χ2n) is 9.02. The van der Waals surface area contributed by atoms with Crippen LogP contribution in [-0.4, -0.2) is 39.2 Å². The Morgan fingerprint density at radius 1 is 1.28 bits per heavy atom. The minimum Gasteiger partial charge on any atom is -0.481 e. The molecule has 0 saturated carbocycles. The summed E-state index contributed by atoms with van der Waals surface area (Å²) >= 11 is 0. The Morgan fingerprint density at radius 3 is 2.32 bits per heavy atom. The maximum Gasteiger partial charge on any atom is 0.498 e. The molecule has 1 saturated heterocycles. The van der Waals surface area contributed by atoms with Crippen molar-refractivity contribution in [2.45, 2.75) is 79.1 Å². The lowest BCUT2D eigenvalue weighted by molar-refractivity contribution is -0.145. The zero-order valence-corrected chi connectivity index (χ0v) is 16.5. The number of hydrogen-bond acceptors (Lipinski definition) is 4. The molecule has 1 atom stereocenters. The minimum absolute atomic E-state index is 0.246. The highest BCUT2D eigenvalue weighted by molar-refractivity contribution is 6.61. The van der Waals surface area contributed by atoms with Crippen molar-refractivity contribution < 1.29 is 19.2 Å². The van der Waals surface area contributed by atoms with Crippen molar-refractivity contribution in [3.8, 4) is 0 Å². The third-order valence-corrected chi connectivity index (χ3v) is 5.40. The molecule has 1 fully saturated rings. The second-order valence-corrected chi connectivity index (χ2v) is 9.02. The van der Waals surface area contributed by atoms with Gasteiger partial charge >= 0.3 is 13.1 Å². The van der Waals surface area contributed by atoms with E-state index in [4.69, 9.17) is 9.31 Å². The fourth-order valence-corrected chi connectivity index (χ4v) is 2.99. The molecule has 2 rings (SSSR count). The Balaban J connectivity index is 1.94. The molecule has 0 amide bonds. The van der Waals surface area contributed by atoms with Gasteiger partial charge in [0.25, 0.3) is 0 Å². The Kier molecular flexibility index (Phi) is 5.40. The molecule has 0 bridgehead atoms. The topological polar surface area (TPSA) is 73.6 Å². The SMILES string of the molecule is CC(C)(C)C(CCCn1cc(B2OC(C)(C)C(C)(C)O2)cn1)C(=O)O. The van der Waals surface area contributed by atoms with Crippen LogP contribution in [-0.2, 0) is 20.6 Å². The van der Waals surface area contributed by atoms with Gasteiger partial charge in [-0.05, 0) is 46.0 Å². The molecule has 0 radical (unpaired) electrons. The maximum absolute atomic E-state index is 11.4. The first kappa shape index (κ1) is 20.0. The van der Waals surface area contributed by atoms with Crippen LogP contribution in [0.15, 0.2) is 12.4 Å². The Hall–Kier alpha value is -1.34. The quantitative estimate of drug-likeness (QED) is 0.799. The molecule has 2 heterocycles. The summed E-state index contributed by atoms with van der Waals surface area (Å²) in [5.74, 6) is -1.09. The van der Waals surface area contributed by atoms with Crippen LogP contribution in [0.2, 0.25) is 0 Å². The van der Waals surface area contributed by atoms with Crippen LogP contribution in [0.25, 0.3) is 0 Å². The molecule has 1 aliphatic heterocycles. The number of carboxylic acid groups (broad SMARTS) is 1. The molecule has 1 N–H and O–H groups in total. The highest BCUT2D eigenvalue weighted by Crippen LogP contribution is 2.36. The monoisotopic (exact) mass is 350 g/mol. The molecule has 7 heteroatoms. The third kappa shape index (κ3) is 4.44. The normalized spacial score (nSPS) is 20.7. The molecule has 6 nitrogen and oxygen atoms in total. The number of rotatable bonds is 6. The van der Waals surface area contributed by atoms with E-state index in [2.05, 4.69) is 5.10 Å². The van der Waals surface area contributed by atoms with Gasteiger partial charge < -0.3 is 14.4 Å². The van der Waals surface area contributed by atoms with Crippen LogP contribution in [0.5, 0.6) is 0 Å². The summed E-state index contributed by atoms with van der Waals surface area (Å²) < 4.78 is 13.9. The lowest BCUT2D eigenvalue weighted by atomic mass is 9.78. The largest absolute Gasteiger partial charge is 0.498 e. The molecular formula is C18H31BN2O4. The van der Waals surface area contributed by atoms with E-state index in [-0.39, 0.29) is 22.5 Å². The van der Waals surface area contributed by atoms with E-state index >= 15 is 0 Å². The van der Waals surface area contributed by atoms with Gasteiger partial charge in [-0.1, -0.05) is 20.8 Å². The van der Waals surface area contributed by atoms with Gasteiger partial charge in [0.2, 0.25) is 0 Å². The Bertz CT molecular complexity index is 603. The van der Waals surface area contributed by atoms with Crippen molar-refractivity contribution in [2.75, 3.05) is 0 Å². The number of nitrogens with zero attached hydrogens (tertiary/aromatic N) is 2. The van der Waals surface area contributed by atoms with E-state index in [1.807, 2.05) is 59.3 Å². The van der Waals surface area contributed by atoms with Gasteiger partial charge in [-0.2, -0.15) is 5.10 Å². The summed E-state index contributed by atoms with van der Waals surface area (Å²) in [5, 5.41) is 13.8. The zero-order valence-electron chi connectivity index (χ0n) is 16.5. The zero-order chi connectivity index (χ0) is 19.0. The number of hydrogen-bond donors (Lipinski definition) is 1. The molecule has 0 aromatic carbocycles. The summed E-state index contributed by atoms with van der Waals surface area (Å²) in [4.78, 5) is 11.4. The van der Waals surface area contributed by atoms with Crippen molar-refractivity contribution in [1.82, 2.24) is 9.78 Å². The molecule has 0 aliphatic carbocycles. The Labute approximate surface area is 151 Å². The molecule has 1 aliphatic rings. The summed E-state index contributed by atoms with van der Waals surface area (Å²) in [5.41, 5.74) is -0.101. The van der Waals surface area contributed by atoms with E-state index in [1.54, 1.807) is 6.20 Å². The van der Waals surface area contributed by atoms with Gasteiger partial charge in [0.05, 0.1) is 17.1 Å². The van der Waals surface area contributed by atoms with E-state index in [9.17, 15) is 9.90 Å². The average Bonchev–Trinajstić information content (AvgIpc) is 2.96. The number of aromatic nitrogens is 2. The summed E-state index contributed by atoms with van der Waals surface area (Å²) in [6.45, 7) is 14.7. The van der Waals surface area contributed by atoms with Crippen LogP contribution in [0.4, 0.5) is 0 Å².